The van der Waals surface area contributed by atoms with Crippen molar-refractivity contribution in [3.05, 3.63) is 56.5 Å². The van der Waals surface area contributed by atoms with E-state index in [0.717, 1.165) is 15.7 Å². The fourth-order valence-electron chi connectivity index (χ4n) is 1.92. The highest BCUT2D eigenvalue weighted by molar-refractivity contribution is 9.10. The number of fused-ring (bicyclic) bond motifs is 1. The smallest absolute Gasteiger partial charge is 0.275 e. The summed E-state index contributed by atoms with van der Waals surface area (Å²) in [5.74, 6) is -0.232. The molecule has 1 amide bonds. The maximum atomic E-state index is 12.0. The van der Waals surface area contributed by atoms with Gasteiger partial charge in [-0.05, 0) is 36.4 Å². The summed E-state index contributed by atoms with van der Waals surface area (Å²) < 4.78 is 0.884. The molecule has 0 saturated carbocycles. The number of hydrogen-bond donors (Lipinski definition) is 1. The number of halogens is 3. The average Bonchev–Trinajstić information content (AvgIpc) is 2.70. The van der Waals surface area contributed by atoms with E-state index in [9.17, 15) is 4.79 Å². The molecule has 1 heterocycles. The third-order valence-electron chi connectivity index (χ3n) is 2.84. The van der Waals surface area contributed by atoms with Gasteiger partial charge in [-0.2, -0.15) is 0 Å². The quantitative estimate of drug-likeness (QED) is 0.768. The minimum absolute atomic E-state index is 0.232. The molecular formula is C14H7BrCl2N2O. The van der Waals surface area contributed by atoms with Crippen LogP contribution in [0.3, 0.4) is 0 Å². The van der Waals surface area contributed by atoms with Crippen LogP contribution in [-0.2, 0) is 4.79 Å². The predicted molar refractivity (Wildman–Crippen MR) is 85.4 cm³/mol. The highest BCUT2D eigenvalue weighted by Gasteiger charge is 2.26. The van der Waals surface area contributed by atoms with Crippen molar-refractivity contribution in [1.29, 1.82) is 0 Å². The SMILES string of the molecule is O=C1Nc2ccc(Br)cc2C1=Nc1ccc(Cl)c(Cl)c1. The Kier molecular flexibility index (Phi) is 3.54. The summed E-state index contributed by atoms with van der Waals surface area (Å²) in [7, 11) is 0. The van der Waals surface area contributed by atoms with Crippen LogP contribution in [-0.4, -0.2) is 11.6 Å². The Balaban J connectivity index is 2.10. The third-order valence-corrected chi connectivity index (χ3v) is 4.08. The summed E-state index contributed by atoms with van der Waals surface area (Å²) in [5, 5.41) is 3.63. The molecule has 0 atom stereocenters. The van der Waals surface area contributed by atoms with Crippen LogP contribution >= 0.6 is 39.1 Å². The zero-order valence-corrected chi connectivity index (χ0v) is 13.1. The Hall–Kier alpha value is -1.36. The average molecular weight is 370 g/mol. The summed E-state index contributed by atoms with van der Waals surface area (Å²) in [6.45, 7) is 0. The lowest BCUT2D eigenvalue weighted by molar-refractivity contribution is -0.110. The highest BCUT2D eigenvalue weighted by Crippen LogP contribution is 2.31. The zero-order valence-electron chi connectivity index (χ0n) is 9.95. The van der Waals surface area contributed by atoms with Gasteiger partial charge < -0.3 is 5.32 Å². The van der Waals surface area contributed by atoms with Crippen molar-refractivity contribution in [2.24, 2.45) is 4.99 Å². The Morgan fingerprint density at radius 2 is 1.85 bits per heavy atom. The predicted octanol–water partition coefficient (Wildman–Crippen LogP) is 4.83. The van der Waals surface area contributed by atoms with E-state index in [1.807, 2.05) is 18.2 Å². The molecule has 0 radical (unpaired) electrons. The number of carbonyl (C=O) groups is 1. The van der Waals surface area contributed by atoms with Crippen LogP contribution in [0.15, 0.2) is 45.9 Å². The van der Waals surface area contributed by atoms with Crippen molar-refractivity contribution in [3.63, 3.8) is 0 Å². The van der Waals surface area contributed by atoms with Crippen LogP contribution in [0.4, 0.5) is 11.4 Å². The Bertz CT molecular complexity index is 759. The second-order valence-electron chi connectivity index (χ2n) is 4.20. The van der Waals surface area contributed by atoms with E-state index in [-0.39, 0.29) is 5.91 Å². The maximum absolute atomic E-state index is 12.0. The van der Waals surface area contributed by atoms with Gasteiger partial charge in [0.15, 0.2) is 0 Å². The standard InChI is InChI=1S/C14H7BrCl2N2O/c15-7-1-4-12-9(5-7)13(14(20)19-12)18-8-2-3-10(16)11(17)6-8/h1-6H,(H,18,19,20). The summed E-state index contributed by atoms with van der Waals surface area (Å²) in [4.78, 5) is 16.3. The summed E-state index contributed by atoms with van der Waals surface area (Å²) in [5.41, 5.74) is 2.45. The lowest BCUT2D eigenvalue weighted by Crippen LogP contribution is -2.13. The van der Waals surface area contributed by atoms with Gasteiger partial charge in [0.25, 0.3) is 5.91 Å². The molecule has 1 N–H and O–H groups in total. The molecule has 0 aliphatic carbocycles. The fourth-order valence-corrected chi connectivity index (χ4v) is 2.57. The largest absolute Gasteiger partial charge is 0.320 e. The molecule has 0 spiro atoms. The van der Waals surface area contributed by atoms with Crippen molar-refractivity contribution in [2.45, 2.75) is 0 Å². The van der Waals surface area contributed by atoms with Crippen LogP contribution < -0.4 is 5.32 Å². The van der Waals surface area contributed by atoms with Gasteiger partial charge in [-0.25, -0.2) is 4.99 Å². The molecule has 0 saturated heterocycles. The van der Waals surface area contributed by atoms with E-state index >= 15 is 0 Å². The molecule has 1 aliphatic rings. The van der Waals surface area contributed by atoms with Gasteiger partial charge in [0, 0.05) is 10.0 Å². The van der Waals surface area contributed by atoms with E-state index in [0.29, 0.717) is 21.4 Å². The van der Waals surface area contributed by atoms with Gasteiger partial charge in [-0.1, -0.05) is 39.1 Å². The third kappa shape index (κ3) is 2.46. The van der Waals surface area contributed by atoms with Gasteiger partial charge >= 0.3 is 0 Å². The molecule has 1 aliphatic heterocycles. The first-order valence-electron chi connectivity index (χ1n) is 5.69. The van der Waals surface area contributed by atoms with E-state index < -0.39 is 0 Å². The summed E-state index contributed by atoms with van der Waals surface area (Å²) in [6.07, 6.45) is 0. The van der Waals surface area contributed by atoms with E-state index in [2.05, 4.69) is 26.2 Å². The number of nitrogens with one attached hydrogen (secondary N) is 1. The summed E-state index contributed by atoms with van der Waals surface area (Å²) >= 11 is 15.2. The molecule has 0 fully saturated rings. The number of nitrogens with zero attached hydrogens (tertiary/aromatic N) is 1. The number of benzene rings is 2. The second kappa shape index (κ2) is 5.20. The minimum atomic E-state index is -0.232. The molecule has 3 rings (SSSR count). The van der Waals surface area contributed by atoms with Crippen LogP contribution in [0.2, 0.25) is 10.0 Å². The normalized spacial score (nSPS) is 15.3. The van der Waals surface area contributed by atoms with Crippen LogP contribution in [0, 0.1) is 0 Å². The molecule has 2 aromatic rings. The maximum Gasteiger partial charge on any atom is 0.275 e. The minimum Gasteiger partial charge on any atom is -0.320 e. The number of anilines is 1. The van der Waals surface area contributed by atoms with Gasteiger partial charge in [0.1, 0.15) is 5.71 Å². The molecule has 6 heteroatoms. The van der Waals surface area contributed by atoms with Crippen LogP contribution in [0.25, 0.3) is 0 Å². The molecule has 0 bridgehead atoms. The van der Waals surface area contributed by atoms with E-state index in [1.54, 1.807) is 18.2 Å². The molecular weight excluding hydrogens is 363 g/mol. The number of hydrogen-bond acceptors (Lipinski definition) is 2. The van der Waals surface area contributed by atoms with Gasteiger partial charge in [-0.15, -0.1) is 0 Å². The van der Waals surface area contributed by atoms with Crippen LogP contribution in [0.5, 0.6) is 0 Å². The first-order valence-corrected chi connectivity index (χ1v) is 7.24. The molecule has 0 aromatic heterocycles. The molecule has 2 aromatic carbocycles. The van der Waals surface area contributed by atoms with Crippen LogP contribution in [0.1, 0.15) is 5.56 Å². The van der Waals surface area contributed by atoms with Crippen molar-refractivity contribution in [2.75, 3.05) is 5.32 Å². The van der Waals surface area contributed by atoms with Crippen molar-refractivity contribution in [3.8, 4) is 0 Å². The van der Waals surface area contributed by atoms with Gasteiger partial charge in [-0.3, -0.25) is 4.79 Å². The monoisotopic (exact) mass is 368 g/mol. The number of carbonyl (C=O) groups excluding carboxylic acids is 1. The van der Waals surface area contributed by atoms with E-state index in [1.165, 1.54) is 0 Å². The lowest BCUT2D eigenvalue weighted by atomic mass is 10.1. The molecule has 100 valence electrons. The Morgan fingerprint density at radius 1 is 1.05 bits per heavy atom. The Labute approximate surface area is 133 Å². The lowest BCUT2D eigenvalue weighted by Gasteiger charge is -2.00. The van der Waals surface area contributed by atoms with Gasteiger partial charge in [0.2, 0.25) is 0 Å². The molecule has 3 nitrogen and oxygen atoms in total. The van der Waals surface area contributed by atoms with Crippen molar-refractivity contribution >= 4 is 62.1 Å². The van der Waals surface area contributed by atoms with E-state index in [4.69, 9.17) is 23.2 Å². The fraction of sp³-hybridized carbons (Fsp3) is 0. The van der Waals surface area contributed by atoms with Gasteiger partial charge in [0.05, 0.1) is 21.4 Å². The number of rotatable bonds is 1. The first kappa shape index (κ1) is 13.6. The Morgan fingerprint density at radius 3 is 2.60 bits per heavy atom. The van der Waals surface area contributed by atoms with Crippen molar-refractivity contribution in [1.82, 2.24) is 0 Å². The van der Waals surface area contributed by atoms with Crippen molar-refractivity contribution < 1.29 is 4.79 Å². The topological polar surface area (TPSA) is 41.5 Å². The first-order chi connectivity index (χ1) is 9.54. The second-order valence-corrected chi connectivity index (χ2v) is 5.93. The number of amides is 1. The number of aliphatic imine (C=N–C) groups is 1. The summed E-state index contributed by atoms with van der Waals surface area (Å²) in [6, 6.07) is 10.5. The zero-order chi connectivity index (χ0) is 14.3. The molecule has 20 heavy (non-hydrogen) atoms. The molecule has 0 unspecified atom stereocenters. The highest BCUT2D eigenvalue weighted by atomic mass is 79.9.